The third-order valence-corrected chi connectivity index (χ3v) is 26.3. The van der Waals surface area contributed by atoms with Crippen LogP contribution in [0.5, 0.6) is 0 Å². The number of aliphatic hydroxyl groups excluding tert-OH is 19. The van der Waals surface area contributed by atoms with Gasteiger partial charge in [0.1, 0.15) is 146 Å². The van der Waals surface area contributed by atoms with Crippen LogP contribution in [0.3, 0.4) is 0 Å². The van der Waals surface area contributed by atoms with Crippen LogP contribution in [0.25, 0.3) is 0 Å². The largest absolute Gasteiger partial charge is 0.394 e. The van der Waals surface area contributed by atoms with Crippen molar-refractivity contribution >= 4 is 0 Å². The van der Waals surface area contributed by atoms with Crippen LogP contribution in [0.1, 0.15) is 106 Å². The second-order valence-electron chi connectivity index (χ2n) is 32.3. The van der Waals surface area contributed by atoms with Crippen LogP contribution in [0.15, 0.2) is 0 Å². The molecule has 9 aliphatic heterocycles. The lowest BCUT2D eigenvalue weighted by Gasteiger charge is -2.62. The molecular weight excluding hydrogens is 1380 g/mol. The number of hydrogen-bond acceptors (Lipinski definition) is 35. The van der Waals surface area contributed by atoms with E-state index in [4.69, 9.17) is 75.8 Å². The molecule has 9 saturated heterocycles. The Labute approximate surface area is 595 Å². The Kier molecular flexibility index (Phi) is 24.2. The lowest BCUT2D eigenvalue weighted by Crippen LogP contribution is -2.69. The summed E-state index contributed by atoms with van der Waals surface area (Å²) in [6, 6.07) is 0. The monoisotopic (exact) mass is 1490 g/mol. The zero-order chi connectivity index (χ0) is 74.1. The van der Waals surface area contributed by atoms with Gasteiger partial charge in [0, 0.05) is 23.7 Å². The molecule has 0 bridgehead atoms. The average Bonchev–Trinajstić information content (AvgIpc) is 1.60. The van der Waals surface area contributed by atoms with Crippen LogP contribution in [-0.2, 0) is 75.8 Å². The first-order valence-corrected chi connectivity index (χ1v) is 36.9. The second kappa shape index (κ2) is 31.3. The summed E-state index contributed by atoms with van der Waals surface area (Å²) in [7, 11) is 0. The van der Waals surface area contributed by atoms with Gasteiger partial charge in [-0.2, -0.15) is 0 Å². The molecule has 47 atom stereocenters. The van der Waals surface area contributed by atoms with Gasteiger partial charge in [-0.1, -0.05) is 27.7 Å². The highest BCUT2D eigenvalue weighted by molar-refractivity contribution is 5.18. The molecule has 0 amide bonds. The van der Waals surface area contributed by atoms with E-state index >= 15 is 0 Å². The van der Waals surface area contributed by atoms with E-state index in [1.807, 2.05) is 0 Å². The topological polar surface area (TPSA) is 532 Å². The molecule has 13 rings (SSSR count). The van der Waals surface area contributed by atoms with Crippen molar-refractivity contribution in [1.29, 1.82) is 0 Å². The lowest BCUT2D eigenvalue weighted by atomic mass is 9.43. The molecule has 0 aromatic heterocycles. The van der Waals surface area contributed by atoms with Crippen LogP contribution in [0.2, 0.25) is 0 Å². The van der Waals surface area contributed by atoms with Crippen LogP contribution in [0, 0.1) is 52.3 Å². The predicted octanol–water partition coefficient (Wildman–Crippen LogP) is -6.74. The molecule has 13 fully saturated rings. The van der Waals surface area contributed by atoms with Gasteiger partial charge in [0.05, 0.1) is 69.7 Å². The highest BCUT2D eigenvalue weighted by Gasteiger charge is 2.72. The van der Waals surface area contributed by atoms with E-state index in [0.717, 1.165) is 38.5 Å². The summed E-state index contributed by atoms with van der Waals surface area (Å²) >= 11 is 0. The minimum absolute atomic E-state index is 0.0165. The van der Waals surface area contributed by atoms with Gasteiger partial charge in [0.15, 0.2) is 49.8 Å². The minimum atomic E-state index is -2.20. The first kappa shape index (κ1) is 79.7. The highest BCUT2D eigenvalue weighted by atomic mass is 16.8. The molecular formula is C68H112O35. The average molecular weight is 1490 g/mol. The van der Waals surface area contributed by atoms with Crippen LogP contribution >= 0.6 is 0 Å². The molecule has 35 nitrogen and oxygen atoms in total. The molecule has 6 unspecified atom stereocenters. The van der Waals surface area contributed by atoms with Gasteiger partial charge in [0.2, 0.25) is 0 Å². The number of rotatable bonds is 17. The van der Waals surface area contributed by atoms with E-state index in [1.54, 1.807) is 0 Å². The normalized spacial score (nSPS) is 58.3. The van der Waals surface area contributed by atoms with E-state index in [0.29, 0.717) is 37.7 Å². The summed E-state index contributed by atoms with van der Waals surface area (Å²) in [5.41, 5.74) is -0.452. The fourth-order valence-corrected chi connectivity index (χ4v) is 20.1. The first-order valence-electron chi connectivity index (χ1n) is 36.9. The minimum Gasteiger partial charge on any atom is -0.394 e. The summed E-state index contributed by atoms with van der Waals surface area (Å²) in [4.78, 5) is 0. The maximum Gasteiger partial charge on any atom is 0.187 e. The van der Waals surface area contributed by atoms with Crippen LogP contribution in [0.4, 0.5) is 0 Å². The van der Waals surface area contributed by atoms with Crippen LogP contribution in [-0.4, -0.2) is 363 Å². The standard InChI is InChI=1S/C68H112O35/c1-22-10-13-68(89-20-22)23(2)38-33(103-68)15-31-29-9-8-27-14-28(11-12-66(27,6)30(29)16-37(73)67(31,38)7)93-62-50(85)45(80)54(35(18-70)95-62)98-63-51(86)46(81)55(36(19-71)96-63)99-65-58(102-59-47(82)41(76)32(72)21-88-59)56(42(77)34(17-69)94-65)100-64-57(101-61-49(84)44(79)40(75)25(4)91-61)52(87)53(26(5)92-64)97-60-48(83)43(78)39(74)24(3)90-60/h22-65,69-87H,8-21H2,1-7H3/t22-,23?,24+,25+,26+,27+,28+,29?,30?,31?,32-,33?,34-,35-,36-,37-,38?,39+,40+,41+,42-,43-,44-,45-,46-,47-,48-,49-,50-,51-,52-,53+,54+,55-,56+,57-,58-,59+,60+,61+,62-,63+,64+,65+,66+,67-,68-/m1/s1. The number of aliphatic hydroxyl groups is 19. The third-order valence-electron chi connectivity index (χ3n) is 26.3. The molecule has 594 valence electrons. The number of ether oxygens (including phenoxy) is 16. The molecule has 35 heteroatoms. The Bertz CT molecular complexity index is 2780. The van der Waals surface area contributed by atoms with Crippen LogP contribution < -0.4 is 0 Å². The Morgan fingerprint density at radius 3 is 1.49 bits per heavy atom. The number of fused-ring (bicyclic) bond motifs is 7. The van der Waals surface area contributed by atoms with Crippen molar-refractivity contribution in [3.05, 3.63) is 0 Å². The van der Waals surface area contributed by atoms with Crippen molar-refractivity contribution < 1.29 is 173 Å². The molecule has 4 aliphatic carbocycles. The molecule has 19 N–H and O–H groups in total. The first-order chi connectivity index (χ1) is 48.8. The molecule has 1 spiro atoms. The molecule has 0 aromatic rings. The maximum atomic E-state index is 12.4. The van der Waals surface area contributed by atoms with Crippen molar-refractivity contribution in [2.75, 3.05) is 33.0 Å². The van der Waals surface area contributed by atoms with E-state index < -0.39 is 253 Å². The van der Waals surface area contributed by atoms with E-state index in [2.05, 4.69) is 27.7 Å². The van der Waals surface area contributed by atoms with Crippen molar-refractivity contribution in [2.45, 2.75) is 339 Å². The summed E-state index contributed by atoms with van der Waals surface area (Å²) in [5.74, 6) is 1.31. The van der Waals surface area contributed by atoms with Gasteiger partial charge in [0.25, 0.3) is 0 Å². The van der Waals surface area contributed by atoms with Gasteiger partial charge in [-0.3, -0.25) is 0 Å². The molecule has 103 heavy (non-hydrogen) atoms. The Balaban J connectivity index is 0.686. The molecule has 0 aromatic carbocycles. The van der Waals surface area contributed by atoms with Gasteiger partial charge < -0.3 is 173 Å². The SMILES string of the molecule is CC1C2C(CC3C4CC[C@H]5C[C@@H](O[C@@H]6O[C@H](CO)[C@H](O[C@@H]7O[C@H](CO)[C@@H](O[C@@H]8O[C@H](CO)[C@@H](O)[C@H](O[C@@H]9O[C@@H](C)[C@H](O[C@@H]%10O[C@@H](C)[C@H](O)[C@@H](O)[C@H]%10O)[C@@H](O)[C@H]9O[C@@H]9O[C@@H](C)[C@H](O)[C@@H](O)[C@H]9O)[C@H]8O[C@@H]8OC[C@@H](O)[C@H](O)[C@H]8O)[C@H](O)[C@H]7O)[C@H](O)[C@H]6O)CC[C@]5(C)C4C[C@@H](O)[C@@]32C)O[C@]12CC[C@@H](C)CO2. The zero-order valence-corrected chi connectivity index (χ0v) is 58.8. The summed E-state index contributed by atoms with van der Waals surface area (Å²) in [6.45, 7) is 10.2. The summed E-state index contributed by atoms with van der Waals surface area (Å²) < 4.78 is 98.5. The smallest absolute Gasteiger partial charge is 0.187 e. The van der Waals surface area contributed by atoms with E-state index in [-0.39, 0.29) is 46.5 Å². The quantitative estimate of drug-likeness (QED) is 0.0602. The number of hydrogen-bond donors (Lipinski definition) is 19. The Morgan fingerprint density at radius 2 is 0.893 bits per heavy atom. The Hall–Kier alpha value is -1.40. The molecule has 0 radical (unpaired) electrons. The van der Waals surface area contributed by atoms with E-state index in [9.17, 15) is 97.0 Å². The fraction of sp³-hybridized carbons (Fsp3) is 1.00. The van der Waals surface area contributed by atoms with Crippen molar-refractivity contribution in [1.82, 2.24) is 0 Å². The third kappa shape index (κ3) is 14.3. The van der Waals surface area contributed by atoms with Gasteiger partial charge in [-0.15, -0.1) is 0 Å². The van der Waals surface area contributed by atoms with Crippen molar-refractivity contribution in [3.8, 4) is 0 Å². The van der Waals surface area contributed by atoms with Gasteiger partial charge in [-0.25, -0.2) is 0 Å². The maximum absolute atomic E-state index is 12.4. The molecule has 13 aliphatic rings. The van der Waals surface area contributed by atoms with Crippen molar-refractivity contribution in [2.24, 2.45) is 52.3 Å². The predicted molar refractivity (Wildman–Crippen MR) is 337 cm³/mol. The zero-order valence-electron chi connectivity index (χ0n) is 58.8. The van der Waals surface area contributed by atoms with E-state index in [1.165, 1.54) is 20.8 Å². The second-order valence-corrected chi connectivity index (χ2v) is 32.3. The lowest BCUT2D eigenvalue weighted by molar-refractivity contribution is -0.416. The summed E-state index contributed by atoms with van der Waals surface area (Å²) in [6.07, 6.45) is -56.1. The fourth-order valence-electron chi connectivity index (χ4n) is 20.1. The highest BCUT2D eigenvalue weighted by Crippen LogP contribution is 2.71. The van der Waals surface area contributed by atoms with Crippen molar-refractivity contribution in [3.63, 3.8) is 0 Å². The van der Waals surface area contributed by atoms with Gasteiger partial charge >= 0.3 is 0 Å². The van der Waals surface area contributed by atoms with Gasteiger partial charge in [-0.05, 0) is 107 Å². The Morgan fingerprint density at radius 1 is 0.388 bits per heavy atom. The molecule has 9 heterocycles. The molecule has 4 saturated carbocycles. The summed E-state index contributed by atoms with van der Waals surface area (Å²) in [5, 5.41) is 214.